The van der Waals surface area contributed by atoms with Gasteiger partial charge in [-0.15, -0.1) is 0 Å². The number of rotatable bonds is 3. The van der Waals surface area contributed by atoms with E-state index in [0.29, 0.717) is 34.4 Å². The molecule has 3 aliphatic carbocycles. The van der Waals surface area contributed by atoms with E-state index in [1.54, 1.807) is 43.3 Å². The van der Waals surface area contributed by atoms with E-state index < -0.39 is 23.7 Å². The molecule has 2 amide bonds. The van der Waals surface area contributed by atoms with Crippen LogP contribution in [0.3, 0.4) is 0 Å². The Bertz CT molecular complexity index is 1590. The maximum atomic E-state index is 13.9. The second-order valence-corrected chi connectivity index (χ2v) is 11.6. The molecule has 0 radical (unpaired) electrons. The van der Waals surface area contributed by atoms with Gasteiger partial charge in [0.05, 0.1) is 29.7 Å². The van der Waals surface area contributed by atoms with Gasteiger partial charge in [-0.25, -0.2) is 0 Å². The number of halogens is 2. The molecule has 9 heteroatoms. The molecule has 0 bridgehead atoms. The van der Waals surface area contributed by atoms with Crippen LogP contribution < -0.4 is 9.64 Å². The van der Waals surface area contributed by atoms with Gasteiger partial charge >= 0.3 is 0 Å². The molecule has 4 aliphatic rings. The van der Waals surface area contributed by atoms with E-state index in [1.165, 1.54) is 18.1 Å². The summed E-state index contributed by atoms with van der Waals surface area (Å²) in [5, 5.41) is 10.4. The van der Waals surface area contributed by atoms with E-state index in [4.69, 9.17) is 16.3 Å². The zero-order valence-electron chi connectivity index (χ0n) is 21.0. The molecular weight excluding hydrogens is 586 g/mol. The number of carbonyl (C=O) groups is 4. The highest BCUT2D eigenvalue weighted by Gasteiger charge is 2.56. The lowest BCUT2D eigenvalue weighted by molar-refractivity contribution is -0.123. The number of aromatic hydroxyl groups is 1. The van der Waals surface area contributed by atoms with Crippen LogP contribution >= 0.6 is 27.5 Å². The molecule has 2 aromatic rings. The third-order valence-corrected chi connectivity index (χ3v) is 9.07. The van der Waals surface area contributed by atoms with Gasteiger partial charge in [0.2, 0.25) is 11.8 Å². The fraction of sp³-hybridized carbons (Fsp3) is 0.267. The van der Waals surface area contributed by atoms with Crippen molar-refractivity contribution in [2.75, 3.05) is 12.0 Å². The molecular formula is C30H23BrClNO6. The van der Waals surface area contributed by atoms with Crippen molar-refractivity contribution < 1.29 is 29.0 Å². The van der Waals surface area contributed by atoms with Gasteiger partial charge in [0.25, 0.3) is 0 Å². The Morgan fingerprint density at radius 2 is 1.77 bits per heavy atom. The van der Waals surface area contributed by atoms with Gasteiger partial charge in [-0.1, -0.05) is 39.2 Å². The molecule has 6 rings (SSSR count). The number of ether oxygens (including phenoxy) is 1. The largest absolute Gasteiger partial charge is 0.503 e. The average molecular weight is 609 g/mol. The molecule has 198 valence electrons. The number of hydrogen-bond acceptors (Lipinski definition) is 6. The number of allylic oxidation sites excluding steroid dienone is 6. The van der Waals surface area contributed by atoms with Crippen LogP contribution in [0.4, 0.5) is 5.69 Å². The lowest BCUT2D eigenvalue weighted by Gasteiger charge is -2.42. The summed E-state index contributed by atoms with van der Waals surface area (Å²) in [5.74, 6) is -3.59. The first-order chi connectivity index (χ1) is 18.6. The summed E-state index contributed by atoms with van der Waals surface area (Å²) in [6, 6.07) is 10.2. The summed E-state index contributed by atoms with van der Waals surface area (Å²) < 4.78 is 6.15. The molecule has 1 saturated heterocycles. The first-order valence-electron chi connectivity index (χ1n) is 12.5. The molecule has 7 nitrogen and oxygen atoms in total. The van der Waals surface area contributed by atoms with E-state index in [1.807, 2.05) is 6.08 Å². The lowest BCUT2D eigenvalue weighted by atomic mass is 9.59. The van der Waals surface area contributed by atoms with Gasteiger partial charge < -0.3 is 9.84 Å². The van der Waals surface area contributed by atoms with Crippen LogP contribution in [0, 0.1) is 17.8 Å². The fourth-order valence-electron chi connectivity index (χ4n) is 6.52. The topological polar surface area (TPSA) is 101 Å². The van der Waals surface area contributed by atoms with E-state index in [-0.39, 0.29) is 46.3 Å². The molecule has 0 spiro atoms. The molecule has 1 heterocycles. The highest BCUT2D eigenvalue weighted by molar-refractivity contribution is 9.10. The number of ketones is 2. The molecule has 0 unspecified atom stereocenters. The predicted octanol–water partition coefficient (Wildman–Crippen LogP) is 5.45. The van der Waals surface area contributed by atoms with Crippen LogP contribution in [0.15, 0.2) is 75.3 Å². The molecule has 2 aromatic carbocycles. The zero-order chi connectivity index (χ0) is 27.7. The van der Waals surface area contributed by atoms with Crippen molar-refractivity contribution in [2.24, 2.45) is 17.8 Å². The van der Waals surface area contributed by atoms with E-state index in [2.05, 4.69) is 15.9 Å². The molecule has 1 N–H and O–H groups in total. The van der Waals surface area contributed by atoms with Crippen molar-refractivity contribution >= 4 is 56.6 Å². The second kappa shape index (κ2) is 9.31. The summed E-state index contributed by atoms with van der Waals surface area (Å²) >= 11 is 9.73. The number of fused-ring (bicyclic) bond motifs is 3. The Kier molecular flexibility index (Phi) is 6.15. The number of amides is 2. The van der Waals surface area contributed by atoms with Crippen LogP contribution in [0.5, 0.6) is 11.5 Å². The van der Waals surface area contributed by atoms with Crippen LogP contribution in [0.25, 0.3) is 0 Å². The smallest absolute Gasteiger partial charge is 0.238 e. The Balaban J connectivity index is 1.51. The van der Waals surface area contributed by atoms with Gasteiger partial charge in [-0.05, 0) is 73.7 Å². The van der Waals surface area contributed by atoms with Crippen molar-refractivity contribution in [3.8, 4) is 11.5 Å². The van der Waals surface area contributed by atoms with E-state index >= 15 is 0 Å². The summed E-state index contributed by atoms with van der Waals surface area (Å²) in [5.41, 5.74) is 2.90. The van der Waals surface area contributed by atoms with Crippen molar-refractivity contribution in [1.82, 2.24) is 0 Å². The number of phenols is 1. The van der Waals surface area contributed by atoms with Gasteiger partial charge in [-0.2, -0.15) is 0 Å². The Morgan fingerprint density at radius 3 is 2.46 bits per heavy atom. The average Bonchev–Trinajstić information content (AvgIpc) is 3.18. The molecule has 1 aliphatic heterocycles. The van der Waals surface area contributed by atoms with Crippen molar-refractivity contribution in [2.45, 2.75) is 25.7 Å². The Hall–Kier alpha value is -3.49. The van der Waals surface area contributed by atoms with Crippen LogP contribution in [-0.4, -0.2) is 35.6 Å². The zero-order valence-corrected chi connectivity index (χ0v) is 23.4. The summed E-state index contributed by atoms with van der Waals surface area (Å²) in [4.78, 5) is 55.5. The van der Waals surface area contributed by atoms with Gasteiger partial charge in [0, 0.05) is 27.1 Å². The third-order valence-electron chi connectivity index (χ3n) is 8.25. The van der Waals surface area contributed by atoms with Gasteiger partial charge in [0.1, 0.15) is 0 Å². The lowest BCUT2D eigenvalue weighted by Crippen LogP contribution is -2.39. The van der Waals surface area contributed by atoms with Crippen molar-refractivity contribution in [3.63, 3.8) is 0 Å². The van der Waals surface area contributed by atoms with Crippen LogP contribution in [0.1, 0.15) is 31.2 Å². The fourth-order valence-corrected chi connectivity index (χ4v) is 7.01. The molecule has 39 heavy (non-hydrogen) atoms. The summed E-state index contributed by atoms with van der Waals surface area (Å²) in [6.07, 6.45) is 3.80. The number of nitrogens with zero attached hydrogens (tertiary/aromatic N) is 1. The minimum absolute atomic E-state index is 0.0396. The predicted molar refractivity (Wildman–Crippen MR) is 148 cm³/mol. The minimum atomic E-state index is -0.683. The van der Waals surface area contributed by atoms with Crippen molar-refractivity contribution in [3.05, 3.63) is 85.9 Å². The molecule has 0 aromatic heterocycles. The molecule has 1 fully saturated rings. The number of hydrogen-bond donors (Lipinski definition) is 1. The monoisotopic (exact) mass is 607 g/mol. The van der Waals surface area contributed by atoms with Crippen LogP contribution in [0.2, 0.25) is 5.02 Å². The SMILES string of the molecule is COc1cc([C@H]2C3=CC[C@@H]4C(=O)N(c5ccc(Br)cc5)C(=O)[C@@H]4[C@@H]3CC3=C2C(=O)C=C(C)C3=O)cc(Cl)c1O. The van der Waals surface area contributed by atoms with E-state index in [0.717, 1.165) is 10.0 Å². The Labute approximate surface area is 237 Å². The number of carbonyl (C=O) groups excluding carboxylic acids is 4. The Morgan fingerprint density at radius 1 is 1.05 bits per heavy atom. The maximum Gasteiger partial charge on any atom is 0.238 e. The number of anilines is 1. The molecule has 0 saturated carbocycles. The van der Waals surface area contributed by atoms with Crippen molar-refractivity contribution in [1.29, 1.82) is 0 Å². The summed E-state index contributed by atoms with van der Waals surface area (Å²) in [6.45, 7) is 1.61. The number of benzene rings is 2. The minimum Gasteiger partial charge on any atom is -0.503 e. The second-order valence-electron chi connectivity index (χ2n) is 10.3. The summed E-state index contributed by atoms with van der Waals surface area (Å²) in [7, 11) is 1.40. The van der Waals surface area contributed by atoms with Gasteiger partial charge in [-0.3, -0.25) is 24.1 Å². The third kappa shape index (κ3) is 3.84. The normalized spacial score (nSPS) is 26.2. The number of imide groups is 1. The van der Waals surface area contributed by atoms with Crippen LogP contribution in [-0.2, 0) is 19.2 Å². The quantitative estimate of drug-likeness (QED) is 0.283. The first-order valence-corrected chi connectivity index (χ1v) is 13.7. The maximum absolute atomic E-state index is 13.9. The van der Waals surface area contributed by atoms with E-state index in [9.17, 15) is 24.3 Å². The highest BCUT2D eigenvalue weighted by atomic mass is 79.9. The number of methoxy groups -OCH3 is 1. The standard InChI is InChI=1S/C30H23BrClNO6/c1-13-9-22(34)26-20(27(13)35)12-19-17(24(26)14-10-21(32)28(36)23(11-14)39-2)7-8-18-25(19)30(38)33(29(18)37)16-5-3-15(31)4-6-16/h3-7,9-11,18-19,24-25,36H,8,12H2,1-2H3/t18-,19+,24-,25-/m0/s1. The number of Topliss-reactive ketones (excluding diaryl/α,β-unsaturated/α-hetero) is 1. The number of phenolic OH excluding ortho intramolecular Hbond substituents is 1. The van der Waals surface area contributed by atoms with Gasteiger partial charge in [0.15, 0.2) is 23.1 Å². The highest BCUT2D eigenvalue weighted by Crippen LogP contribution is 2.56. The first kappa shape index (κ1) is 25.8. The molecule has 4 atom stereocenters.